The molecule has 1 saturated carbocycles. The van der Waals surface area contributed by atoms with Crippen LogP contribution in [0, 0.1) is 5.92 Å². The summed E-state index contributed by atoms with van der Waals surface area (Å²) in [4.78, 5) is 13.9. The van der Waals surface area contributed by atoms with Crippen molar-refractivity contribution in [2.24, 2.45) is 5.92 Å². The summed E-state index contributed by atoms with van der Waals surface area (Å²) in [5.74, 6) is 1.07. The molecule has 0 aromatic heterocycles. The molecule has 0 unspecified atom stereocenters. The van der Waals surface area contributed by atoms with Gasteiger partial charge in [-0.1, -0.05) is 53.7 Å². The van der Waals surface area contributed by atoms with Crippen molar-refractivity contribution in [3.63, 3.8) is 0 Å². The maximum Gasteiger partial charge on any atom is 0.222 e. The van der Waals surface area contributed by atoms with Crippen LogP contribution in [0.2, 0.25) is 0 Å². The summed E-state index contributed by atoms with van der Waals surface area (Å²) in [7, 11) is 1.90. The number of amides is 1. The molecule has 2 nitrogen and oxygen atoms in total. The molecule has 1 aromatic rings. The van der Waals surface area contributed by atoms with E-state index < -0.39 is 0 Å². The molecule has 0 N–H and O–H groups in total. The van der Waals surface area contributed by atoms with E-state index in [1.807, 2.05) is 24.1 Å². The first kappa shape index (κ1) is 14.6. The first-order chi connectivity index (χ1) is 9.15. The van der Waals surface area contributed by atoms with E-state index in [4.69, 9.17) is 0 Å². The molecule has 0 bridgehead atoms. The van der Waals surface area contributed by atoms with E-state index in [-0.39, 0.29) is 5.91 Å². The molecule has 0 radical (unpaired) electrons. The van der Waals surface area contributed by atoms with Crippen molar-refractivity contribution >= 4 is 21.8 Å². The number of hydrogen-bond donors (Lipinski definition) is 0. The topological polar surface area (TPSA) is 20.3 Å². The second-order valence-corrected chi connectivity index (χ2v) is 6.48. The highest BCUT2D eigenvalue weighted by Gasteiger charge is 2.17. The van der Waals surface area contributed by atoms with Gasteiger partial charge in [-0.3, -0.25) is 4.79 Å². The van der Waals surface area contributed by atoms with Crippen molar-refractivity contribution in [2.45, 2.75) is 45.1 Å². The Hall–Kier alpha value is -0.830. The molecule has 1 aromatic carbocycles. The number of carbonyl (C=O) groups is 1. The van der Waals surface area contributed by atoms with E-state index in [0.717, 1.165) is 16.8 Å². The van der Waals surface area contributed by atoms with Crippen molar-refractivity contribution in [1.29, 1.82) is 0 Å². The van der Waals surface area contributed by atoms with Crippen molar-refractivity contribution < 1.29 is 4.79 Å². The fourth-order valence-electron chi connectivity index (χ4n) is 2.77. The van der Waals surface area contributed by atoms with E-state index in [1.165, 1.54) is 31.2 Å². The molecule has 1 fully saturated rings. The average Bonchev–Trinajstić information content (AvgIpc) is 2.91. The largest absolute Gasteiger partial charge is 0.341 e. The molecule has 1 aliphatic rings. The SMILES string of the molecule is CN(Cc1ccc(Br)cc1)C(=O)CCC1CCCC1. The predicted molar refractivity (Wildman–Crippen MR) is 81.8 cm³/mol. The van der Waals surface area contributed by atoms with E-state index >= 15 is 0 Å². The molecule has 104 valence electrons. The summed E-state index contributed by atoms with van der Waals surface area (Å²) in [5, 5.41) is 0. The number of benzene rings is 1. The summed E-state index contributed by atoms with van der Waals surface area (Å²) in [6.45, 7) is 0.705. The molecule has 1 aliphatic carbocycles. The first-order valence-electron chi connectivity index (χ1n) is 7.13. The average molecular weight is 324 g/mol. The van der Waals surface area contributed by atoms with Gasteiger partial charge in [-0.25, -0.2) is 0 Å². The molecule has 0 saturated heterocycles. The third kappa shape index (κ3) is 4.64. The van der Waals surface area contributed by atoms with Gasteiger partial charge in [-0.2, -0.15) is 0 Å². The molecule has 0 heterocycles. The van der Waals surface area contributed by atoms with Crippen LogP contribution in [0.25, 0.3) is 0 Å². The smallest absolute Gasteiger partial charge is 0.222 e. The van der Waals surface area contributed by atoms with Crippen LogP contribution in [0.1, 0.15) is 44.1 Å². The van der Waals surface area contributed by atoms with Gasteiger partial charge in [0.05, 0.1) is 0 Å². The highest BCUT2D eigenvalue weighted by Crippen LogP contribution is 2.28. The zero-order valence-electron chi connectivity index (χ0n) is 11.6. The standard InChI is InChI=1S/C16H22BrNO/c1-18(12-14-6-9-15(17)10-7-14)16(19)11-8-13-4-2-3-5-13/h6-7,9-10,13H,2-5,8,11-12H2,1H3. The zero-order valence-corrected chi connectivity index (χ0v) is 13.2. The number of halogens is 1. The van der Waals surface area contributed by atoms with Crippen LogP contribution >= 0.6 is 15.9 Å². The number of rotatable bonds is 5. The number of hydrogen-bond acceptors (Lipinski definition) is 1. The lowest BCUT2D eigenvalue weighted by atomic mass is 10.0. The second kappa shape index (κ2) is 7.09. The normalized spacial score (nSPS) is 15.7. The Labute approximate surface area is 124 Å². The number of carbonyl (C=O) groups excluding carboxylic acids is 1. The van der Waals surface area contributed by atoms with Gasteiger partial charge >= 0.3 is 0 Å². The second-order valence-electron chi connectivity index (χ2n) is 5.57. The van der Waals surface area contributed by atoms with E-state index in [1.54, 1.807) is 0 Å². The van der Waals surface area contributed by atoms with Crippen molar-refractivity contribution in [1.82, 2.24) is 4.90 Å². The molecular weight excluding hydrogens is 302 g/mol. The van der Waals surface area contributed by atoms with Gasteiger partial charge in [0, 0.05) is 24.5 Å². The van der Waals surface area contributed by atoms with Crippen LogP contribution in [-0.2, 0) is 11.3 Å². The van der Waals surface area contributed by atoms with Gasteiger partial charge in [0.25, 0.3) is 0 Å². The molecule has 0 spiro atoms. The highest BCUT2D eigenvalue weighted by atomic mass is 79.9. The first-order valence-corrected chi connectivity index (χ1v) is 7.93. The molecule has 1 amide bonds. The van der Waals surface area contributed by atoms with Crippen molar-refractivity contribution in [3.05, 3.63) is 34.3 Å². The van der Waals surface area contributed by atoms with Crippen LogP contribution in [0.15, 0.2) is 28.7 Å². The Morgan fingerprint density at radius 2 is 1.89 bits per heavy atom. The number of nitrogens with zero attached hydrogens (tertiary/aromatic N) is 1. The van der Waals surface area contributed by atoms with Crippen LogP contribution < -0.4 is 0 Å². The molecular formula is C16H22BrNO. The minimum Gasteiger partial charge on any atom is -0.341 e. The summed E-state index contributed by atoms with van der Waals surface area (Å²) >= 11 is 3.42. The van der Waals surface area contributed by atoms with Gasteiger partial charge in [-0.05, 0) is 30.0 Å². The van der Waals surface area contributed by atoms with Crippen LogP contribution in [0.3, 0.4) is 0 Å². The molecule has 19 heavy (non-hydrogen) atoms. The Balaban J connectivity index is 1.76. The summed E-state index contributed by atoms with van der Waals surface area (Å²) in [6.07, 6.45) is 7.13. The monoisotopic (exact) mass is 323 g/mol. The fourth-order valence-corrected chi connectivity index (χ4v) is 3.03. The van der Waals surface area contributed by atoms with Gasteiger partial charge in [0.2, 0.25) is 5.91 Å². The van der Waals surface area contributed by atoms with Crippen molar-refractivity contribution in [3.8, 4) is 0 Å². The minimum absolute atomic E-state index is 0.273. The Kier molecular flexibility index (Phi) is 5.44. The third-order valence-corrected chi connectivity index (χ3v) is 4.53. The van der Waals surface area contributed by atoms with Gasteiger partial charge in [0.15, 0.2) is 0 Å². The quantitative estimate of drug-likeness (QED) is 0.787. The predicted octanol–water partition coefficient (Wildman–Crippen LogP) is 4.38. The van der Waals surface area contributed by atoms with Crippen LogP contribution in [0.5, 0.6) is 0 Å². The Morgan fingerprint density at radius 3 is 2.53 bits per heavy atom. The lowest BCUT2D eigenvalue weighted by Gasteiger charge is -2.18. The summed E-state index contributed by atoms with van der Waals surface area (Å²) in [5.41, 5.74) is 1.18. The van der Waals surface area contributed by atoms with E-state index in [2.05, 4.69) is 28.1 Å². The fraction of sp³-hybridized carbons (Fsp3) is 0.562. The maximum absolute atomic E-state index is 12.1. The Morgan fingerprint density at radius 1 is 1.26 bits per heavy atom. The lowest BCUT2D eigenvalue weighted by molar-refractivity contribution is -0.130. The Bertz CT molecular complexity index is 409. The van der Waals surface area contributed by atoms with Gasteiger partial charge in [-0.15, -0.1) is 0 Å². The molecule has 2 rings (SSSR count). The zero-order chi connectivity index (χ0) is 13.7. The van der Waals surface area contributed by atoms with E-state index in [9.17, 15) is 4.79 Å². The van der Waals surface area contributed by atoms with Gasteiger partial charge in [0.1, 0.15) is 0 Å². The summed E-state index contributed by atoms with van der Waals surface area (Å²) < 4.78 is 1.08. The third-order valence-electron chi connectivity index (χ3n) is 4.00. The lowest BCUT2D eigenvalue weighted by Crippen LogP contribution is -2.26. The molecule has 0 atom stereocenters. The van der Waals surface area contributed by atoms with Gasteiger partial charge < -0.3 is 4.90 Å². The van der Waals surface area contributed by atoms with Crippen LogP contribution in [0.4, 0.5) is 0 Å². The minimum atomic E-state index is 0.273. The van der Waals surface area contributed by atoms with E-state index in [0.29, 0.717) is 13.0 Å². The molecule has 3 heteroatoms. The highest BCUT2D eigenvalue weighted by molar-refractivity contribution is 9.10. The molecule has 0 aliphatic heterocycles. The maximum atomic E-state index is 12.1. The van der Waals surface area contributed by atoms with Crippen LogP contribution in [-0.4, -0.2) is 17.9 Å². The summed E-state index contributed by atoms with van der Waals surface area (Å²) in [6, 6.07) is 8.16. The van der Waals surface area contributed by atoms with Crippen molar-refractivity contribution in [2.75, 3.05) is 7.05 Å².